The van der Waals surface area contributed by atoms with Crippen LogP contribution in [0.4, 0.5) is 5.69 Å². The lowest BCUT2D eigenvalue weighted by Crippen LogP contribution is -2.40. The number of hydrogen-bond acceptors (Lipinski definition) is 3. The number of carbonyl (C=O) groups is 2. The van der Waals surface area contributed by atoms with Crippen LogP contribution < -0.4 is 5.32 Å². The average molecular weight is 346 g/mol. The third-order valence-electron chi connectivity index (χ3n) is 4.80. The minimum absolute atomic E-state index is 0.0142. The Kier molecular flexibility index (Phi) is 7.44. The monoisotopic (exact) mass is 346 g/mol. The van der Waals surface area contributed by atoms with E-state index in [1.165, 1.54) is 0 Å². The fourth-order valence-electron chi connectivity index (χ4n) is 3.30. The van der Waals surface area contributed by atoms with Crippen molar-refractivity contribution in [3.63, 3.8) is 0 Å². The van der Waals surface area contributed by atoms with Gasteiger partial charge in [-0.1, -0.05) is 26.7 Å². The number of piperidine rings is 1. The van der Waals surface area contributed by atoms with Crippen LogP contribution in [0.25, 0.3) is 0 Å². The molecule has 2 N–H and O–H groups in total. The zero-order valence-electron chi connectivity index (χ0n) is 15.3. The Hall–Kier alpha value is -1.88. The first kappa shape index (κ1) is 19.4. The van der Waals surface area contributed by atoms with Gasteiger partial charge >= 0.3 is 0 Å². The molecule has 1 saturated heterocycles. The first-order chi connectivity index (χ1) is 12.0. The van der Waals surface area contributed by atoms with E-state index in [9.17, 15) is 14.7 Å². The van der Waals surface area contributed by atoms with Gasteiger partial charge in [-0.2, -0.15) is 0 Å². The predicted octanol–water partition coefficient (Wildman–Crippen LogP) is 3.44. The Labute approximate surface area is 150 Å². The number of carbonyl (C=O) groups excluding carboxylic acids is 2. The van der Waals surface area contributed by atoms with E-state index in [-0.39, 0.29) is 23.8 Å². The van der Waals surface area contributed by atoms with Crippen LogP contribution in [0.1, 0.15) is 62.7 Å². The van der Waals surface area contributed by atoms with Crippen molar-refractivity contribution in [2.75, 3.05) is 18.4 Å². The van der Waals surface area contributed by atoms with Crippen molar-refractivity contribution >= 4 is 17.5 Å². The molecule has 25 heavy (non-hydrogen) atoms. The highest BCUT2D eigenvalue weighted by atomic mass is 16.3. The molecule has 0 unspecified atom stereocenters. The van der Waals surface area contributed by atoms with Crippen LogP contribution in [0.15, 0.2) is 24.3 Å². The van der Waals surface area contributed by atoms with Crippen LogP contribution in [-0.4, -0.2) is 41.0 Å². The molecule has 2 amide bonds. The summed E-state index contributed by atoms with van der Waals surface area (Å²) in [5.41, 5.74) is 1.35. The molecule has 0 spiro atoms. The molecule has 1 aromatic carbocycles. The summed E-state index contributed by atoms with van der Waals surface area (Å²) < 4.78 is 0. The van der Waals surface area contributed by atoms with E-state index in [4.69, 9.17) is 0 Å². The predicted molar refractivity (Wildman–Crippen MR) is 99.5 cm³/mol. The van der Waals surface area contributed by atoms with Crippen molar-refractivity contribution < 1.29 is 14.7 Å². The lowest BCUT2D eigenvalue weighted by Gasteiger charge is -2.29. The van der Waals surface area contributed by atoms with E-state index in [1.807, 2.05) is 0 Å². The molecule has 0 aromatic heterocycles. The number of rotatable bonds is 7. The van der Waals surface area contributed by atoms with Gasteiger partial charge in [0.2, 0.25) is 5.91 Å². The molecule has 2 rings (SSSR count). The highest BCUT2D eigenvalue weighted by molar-refractivity contribution is 5.96. The number of amides is 2. The molecule has 0 saturated carbocycles. The fraction of sp³-hybridized carbons (Fsp3) is 0.600. The summed E-state index contributed by atoms with van der Waals surface area (Å²) in [6.07, 6.45) is 4.77. The van der Waals surface area contributed by atoms with Gasteiger partial charge in [-0.05, 0) is 49.9 Å². The van der Waals surface area contributed by atoms with Gasteiger partial charge in [0.15, 0.2) is 0 Å². The number of benzene rings is 1. The minimum Gasteiger partial charge on any atom is -0.393 e. The molecule has 0 atom stereocenters. The van der Waals surface area contributed by atoms with E-state index in [2.05, 4.69) is 19.2 Å². The largest absolute Gasteiger partial charge is 0.393 e. The van der Waals surface area contributed by atoms with E-state index in [0.29, 0.717) is 31.5 Å². The second-order valence-electron chi connectivity index (χ2n) is 6.86. The summed E-state index contributed by atoms with van der Waals surface area (Å²) in [5.74, 6) is 0.100. The fourth-order valence-corrected chi connectivity index (χ4v) is 3.30. The van der Waals surface area contributed by atoms with E-state index in [1.54, 1.807) is 29.2 Å². The summed E-state index contributed by atoms with van der Waals surface area (Å²) in [6.45, 7) is 5.37. The molecule has 0 aliphatic carbocycles. The maximum absolute atomic E-state index is 12.5. The van der Waals surface area contributed by atoms with Gasteiger partial charge in [0.25, 0.3) is 5.91 Å². The van der Waals surface area contributed by atoms with Gasteiger partial charge < -0.3 is 15.3 Å². The summed E-state index contributed by atoms with van der Waals surface area (Å²) in [7, 11) is 0. The van der Waals surface area contributed by atoms with Crippen molar-refractivity contribution in [2.24, 2.45) is 5.92 Å². The van der Waals surface area contributed by atoms with E-state index in [0.717, 1.165) is 31.4 Å². The Morgan fingerprint density at radius 3 is 2.20 bits per heavy atom. The Bertz CT molecular complexity index is 557. The molecule has 5 heteroatoms. The number of anilines is 1. The quantitative estimate of drug-likeness (QED) is 0.794. The highest BCUT2D eigenvalue weighted by Gasteiger charge is 2.22. The zero-order valence-corrected chi connectivity index (χ0v) is 15.3. The Morgan fingerprint density at radius 2 is 1.68 bits per heavy atom. The molecule has 1 aliphatic rings. The zero-order chi connectivity index (χ0) is 18.2. The number of hydrogen-bond donors (Lipinski definition) is 2. The summed E-state index contributed by atoms with van der Waals surface area (Å²) in [4.78, 5) is 26.6. The third-order valence-corrected chi connectivity index (χ3v) is 4.80. The minimum atomic E-state index is -0.291. The normalized spacial score (nSPS) is 15.4. The van der Waals surface area contributed by atoms with Gasteiger partial charge in [0, 0.05) is 30.3 Å². The van der Waals surface area contributed by atoms with Crippen molar-refractivity contribution in [1.82, 2.24) is 4.90 Å². The smallest absolute Gasteiger partial charge is 0.253 e. The highest BCUT2D eigenvalue weighted by Crippen LogP contribution is 2.19. The first-order valence-electron chi connectivity index (χ1n) is 9.43. The Morgan fingerprint density at radius 1 is 1.12 bits per heavy atom. The van der Waals surface area contributed by atoms with Crippen molar-refractivity contribution in [3.05, 3.63) is 29.8 Å². The van der Waals surface area contributed by atoms with Crippen molar-refractivity contribution in [2.45, 2.75) is 58.5 Å². The van der Waals surface area contributed by atoms with Gasteiger partial charge in [0.1, 0.15) is 0 Å². The standard InChI is InChI=1S/C20H30N2O3/c1-3-5-15(6-4-2)19(24)21-17-9-7-16(8-10-17)20(25)22-13-11-18(23)12-14-22/h7-10,15,18,23H,3-6,11-14H2,1-2H3,(H,21,24). The maximum Gasteiger partial charge on any atom is 0.253 e. The summed E-state index contributed by atoms with van der Waals surface area (Å²) >= 11 is 0. The van der Waals surface area contributed by atoms with Crippen molar-refractivity contribution in [1.29, 1.82) is 0 Å². The topological polar surface area (TPSA) is 69.6 Å². The van der Waals surface area contributed by atoms with E-state index < -0.39 is 0 Å². The molecule has 1 aromatic rings. The van der Waals surface area contributed by atoms with Gasteiger partial charge in [-0.3, -0.25) is 9.59 Å². The third kappa shape index (κ3) is 5.56. The van der Waals surface area contributed by atoms with Crippen LogP contribution in [0.2, 0.25) is 0 Å². The second-order valence-corrected chi connectivity index (χ2v) is 6.86. The number of nitrogens with one attached hydrogen (secondary N) is 1. The van der Waals surface area contributed by atoms with Crippen molar-refractivity contribution in [3.8, 4) is 0 Å². The molecule has 1 aliphatic heterocycles. The first-order valence-corrected chi connectivity index (χ1v) is 9.43. The lowest BCUT2D eigenvalue weighted by molar-refractivity contribution is -0.120. The maximum atomic E-state index is 12.5. The van der Waals surface area contributed by atoms with E-state index >= 15 is 0 Å². The van der Waals surface area contributed by atoms with Crippen LogP contribution in [0.5, 0.6) is 0 Å². The molecule has 0 radical (unpaired) electrons. The lowest BCUT2D eigenvalue weighted by atomic mass is 9.97. The molecular formula is C20H30N2O3. The molecule has 5 nitrogen and oxygen atoms in total. The number of aliphatic hydroxyl groups is 1. The van der Waals surface area contributed by atoms with Crippen LogP contribution >= 0.6 is 0 Å². The number of nitrogens with zero attached hydrogens (tertiary/aromatic N) is 1. The molecule has 1 heterocycles. The van der Waals surface area contributed by atoms with Crippen LogP contribution in [-0.2, 0) is 4.79 Å². The molecule has 1 fully saturated rings. The van der Waals surface area contributed by atoms with Crippen LogP contribution in [0, 0.1) is 5.92 Å². The number of likely N-dealkylation sites (tertiary alicyclic amines) is 1. The summed E-state index contributed by atoms with van der Waals surface area (Å²) in [6, 6.07) is 7.10. The van der Waals surface area contributed by atoms with Crippen LogP contribution in [0.3, 0.4) is 0 Å². The summed E-state index contributed by atoms with van der Waals surface area (Å²) in [5, 5.41) is 12.5. The van der Waals surface area contributed by atoms with Gasteiger partial charge in [-0.25, -0.2) is 0 Å². The molecular weight excluding hydrogens is 316 g/mol. The van der Waals surface area contributed by atoms with Gasteiger partial charge in [-0.15, -0.1) is 0 Å². The molecule has 138 valence electrons. The number of aliphatic hydroxyl groups excluding tert-OH is 1. The second kappa shape index (κ2) is 9.56. The average Bonchev–Trinajstić information content (AvgIpc) is 2.62. The SMILES string of the molecule is CCCC(CCC)C(=O)Nc1ccc(C(=O)N2CCC(O)CC2)cc1. The Balaban J connectivity index is 1.94. The van der Waals surface area contributed by atoms with Gasteiger partial charge in [0.05, 0.1) is 6.10 Å². The molecule has 0 bridgehead atoms.